The molecule has 1 aliphatic heterocycles. The third-order valence-electron chi connectivity index (χ3n) is 13.1. The minimum absolute atomic E-state index is 0.443. The molecule has 0 saturated carbocycles. The van der Waals surface area contributed by atoms with E-state index in [-0.39, 0.29) is 0 Å². The first-order chi connectivity index (χ1) is 30.7. The van der Waals surface area contributed by atoms with Gasteiger partial charge in [-0.1, -0.05) is 170 Å². The van der Waals surface area contributed by atoms with Crippen LogP contribution in [0.2, 0.25) is 0 Å². The van der Waals surface area contributed by atoms with Crippen LogP contribution < -0.4 is 14.4 Å². The quantitative estimate of drug-likeness (QED) is 0.173. The molecule has 0 unspecified atom stereocenters. The fraction of sp³-hybridized carbons (Fsp3) is 0.0169. The van der Waals surface area contributed by atoms with Gasteiger partial charge in [0.05, 0.1) is 11.1 Å². The maximum absolute atomic E-state index is 6.95. The van der Waals surface area contributed by atoms with E-state index < -0.39 is 5.41 Å². The topological polar surface area (TPSA) is 21.7 Å². The highest BCUT2D eigenvalue weighted by Crippen LogP contribution is 2.66. The fourth-order valence-corrected chi connectivity index (χ4v) is 10.5. The van der Waals surface area contributed by atoms with E-state index in [1.807, 2.05) is 0 Å². The van der Waals surface area contributed by atoms with Crippen molar-refractivity contribution < 1.29 is 9.47 Å². The number of nitrogens with zero attached hydrogens (tertiary/aromatic N) is 1. The molecule has 13 rings (SSSR count). The summed E-state index contributed by atoms with van der Waals surface area (Å²) in [6.45, 7) is 0. The van der Waals surface area contributed by atoms with Crippen LogP contribution >= 0.6 is 0 Å². The van der Waals surface area contributed by atoms with E-state index in [2.05, 4.69) is 229 Å². The molecule has 1 spiro atoms. The van der Waals surface area contributed by atoms with Crippen molar-refractivity contribution in [2.24, 2.45) is 0 Å². The van der Waals surface area contributed by atoms with Crippen LogP contribution in [0.3, 0.4) is 0 Å². The van der Waals surface area contributed by atoms with Gasteiger partial charge in [-0.3, -0.25) is 0 Å². The zero-order chi connectivity index (χ0) is 40.8. The first-order valence-corrected chi connectivity index (χ1v) is 21.2. The summed E-state index contributed by atoms with van der Waals surface area (Å²) in [5.41, 5.74) is 17.3. The number of rotatable bonds is 5. The van der Waals surface area contributed by atoms with Gasteiger partial charge in [0.15, 0.2) is 23.0 Å². The average Bonchev–Trinajstić information content (AvgIpc) is 3.82. The molecule has 10 aromatic rings. The number of fused-ring (bicyclic) bond motifs is 14. The molecule has 0 amide bonds. The lowest BCUT2D eigenvalue weighted by molar-refractivity contribution is 0.360. The maximum atomic E-state index is 6.95. The van der Waals surface area contributed by atoms with Crippen LogP contribution in [0, 0.1) is 0 Å². The third-order valence-corrected chi connectivity index (χ3v) is 13.1. The Balaban J connectivity index is 0.865. The van der Waals surface area contributed by atoms with Gasteiger partial charge in [-0.05, 0) is 121 Å². The third kappa shape index (κ3) is 5.00. The molecule has 0 saturated heterocycles. The molecule has 3 heteroatoms. The predicted octanol–water partition coefficient (Wildman–Crippen LogP) is 15.9. The van der Waals surface area contributed by atoms with Crippen molar-refractivity contribution in [3.8, 4) is 67.5 Å². The molecule has 0 N–H and O–H groups in total. The van der Waals surface area contributed by atoms with Gasteiger partial charge < -0.3 is 14.4 Å². The zero-order valence-electron chi connectivity index (χ0n) is 33.6. The van der Waals surface area contributed by atoms with E-state index in [9.17, 15) is 0 Å². The second-order valence-electron chi connectivity index (χ2n) is 16.4. The van der Waals surface area contributed by atoms with E-state index >= 15 is 0 Å². The van der Waals surface area contributed by atoms with Gasteiger partial charge >= 0.3 is 0 Å². The monoisotopic (exact) mass is 791 g/mol. The standard InChI is InChI=1S/C59H37NO2/c1-2-20-43(21-3-1)60(53-30-14-16-38-15-4-5-23-45(38)53)44-22-13-19-41(36-44)39-17-12-18-40(35-39)42-31-33-54-56(37-42)61-55-34-32-52-57(58(55)62-54)48-26-8-11-29-51(48)59(52)49-27-9-6-24-46(49)47-25-7-10-28-50(47)59/h1-37H. The van der Waals surface area contributed by atoms with Crippen molar-refractivity contribution in [2.75, 3.05) is 4.90 Å². The van der Waals surface area contributed by atoms with Gasteiger partial charge in [0.2, 0.25) is 0 Å². The van der Waals surface area contributed by atoms with E-state index in [1.54, 1.807) is 0 Å². The molecule has 0 fully saturated rings. The Kier molecular flexibility index (Phi) is 7.52. The summed E-state index contributed by atoms with van der Waals surface area (Å²) in [6, 6.07) is 80.5. The zero-order valence-corrected chi connectivity index (χ0v) is 33.6. The van der Waals surface area contributed by atoms with Crippen LogP contribution in [-0.4, -0.2) is 0 Å². The Morgan fingerprint density at radius 3 is 1.68 bits per heavy atom. The number of anilines is 3. The molecule has 62 heavy (non-hydrogen) atoms. The van der Waals surface area contributed by atoms with Crippen molar-refractivity contribution in [3.05, 3.63) is 247 Å². The van der Waals surface area contributed by atoms with E-state index in [1.165, 1.54) is 49.7 Å². The van der Waals surface area contributed by atoms with Crippen LogP contribution in [0.15, 0.2) is 224 Å². The molecule has 0 bridgehead atoms. The SMILES string of the molecule is c1ccc(N(c2cccc(-c3cccc(-c4ccc5c(c4)Oc4ccc6c(c4O5)-c4ccccc4C64c5ccccc5-c5ccccc54)c3)c2)c2cccc3ccccc23)cc1. The van der Waals surface area contributed by atoms with Crippen LogP contribution in [0.25, 0.3) is 55.3 Å². The van der Waals surface area contributed by atoms with Gasteiger partial charge in [0, 0.05) is 22.3 Å². The summed E-state index contributed by atoms with van der Waals surface area (Å²) in [5.74, 6) is 2.90. The molecule has 0 radical (unpaired) electrons. The van der Waals surface area contributed by atoms with Crippen LogP contribution in [0.5, 0.6) is 23.0 Å². The largest absolute Gasteiger partial charge is 0.449 e. The maximum Gasteiger partial charge on any atom is 0.178 e. The minimum Gasteiger partial charge on any atom is -0.449 e. The molecule has 1 heterocycles. The summed E-state index contributed by atoms with van der Waals surface area (Å²) in [5, 5.41) is 2.41. The van der Waals surface area contributed by atoms with Crippen molar-refractivity contribution in [2.45, 2.75) is 5.41 Å². The Labute approximate surface area is 360 Å². The van der Waals surface area contributed by atoms with Crippen LogP contribution in [0.1, 0.15) is 22.3 Å². The normalized spacial score (nSPS) is 13.2. The summed E-state index contributed by atoms with van der Waals surface area (Å²) in [4.78, 5) is 2.35. The molecule has 0 atom stereocenters. The number of benzene rings is 10. The predicted molar refractivity (Wildman–Crippen MR) is 252 cm³/mol. The summed E-state index contributed by atoms with van der Waals surface area (Å²) in [6.07, 6.45) is 0. The van der Waals surface area contributed by atoms with Gasteiger partial charge in [0.1, 0.15) is 0 Å². The summed E-state index contributed by atoms with van der Waals surface area (Å²) < 4.78 is 13.8. The van der Waals surface area contributed by atoms with Crippen LogP contribution in [0.4, 0.5) is 17.1 Å². The second-order valence-corrected chi connectivity index (χ2v) is 16.4. The number of hydrogen-bond donors (Lipinski definition) is 0. The summed E-state index contributed by atoms with van der Waals surface area (Å²) in [7, 11) is 0. The highest BCUT2D eigenvalue weighted by Gasteiger charge is 2.53. The molecule has 3 aliphatic rings. The fourth-order valence-electron chi connectivity index (χ4n) is 10.5. The Morgan fingerprint density at radius 1 is 0.339 bits per heavy atom. The first-order valence-electron chi connectivity index (χ1n) is 21.2. The van der Waals surface area contributed by atoms with Gasteiger partial charge in [-0.2, -0.15) is 0 Å². The van der Waals surface area contributed by atoms with E-state index in [0.29, 0.717) is 11.5 Å². The highest BCUT2D eigenvalue weighted by molar-refractivity contribution is 6.00. The summed E-state index contributed by atoms with van der Waals surface area (Å²) >= 11 is 0. The molecule has 10 aromatic carbocycles. The molecular formula is C59H37NO2. The molecule has 3 nitrogen and oxygen atoms in total. The number of ether oxygens (including phenoxy) is 2. The lowest BCUT2D eigenvalue weighted by Crippen LogP contribution is -2.25. The Hall–Kier alpha value is -8.14. The van der Waals surface area contributed by atoms with E-state index in [4.69, 9.17) is 9.47 Å². The molecule has 2 aliphatic carbocycles. The Morgan fingerprint density at radius 2 is 0.903 bits per heavy atom. The average molecular weight is 792 g/mol. The highest BCUT2D eigenvalue weighted by atomic mass is 16.6. The van der Waals surface area contributed by atoms with Gasteiger partial charge in [0.25, 0.3) is 0 Å². The molecular weight excluding hydrogens is 755 g/mol. The van der Waals surface area contributed by atoms with Crippen LogP contribution in [-0.2, 0) is 5.41 Å². The second kappa shape index (κ2) is 13.4. The smallest absolute Gasteiger partial charge is 0.178 e. The Bertz CT molecular complexity index is 3390. The lowest BCUT2D eigenvalue weighted by Gasteiger charge is -2.31. The minimum atomic E-state index is -0.443. The number of hydrogen-bond acceptors (Lipinski definition) is 3. The number of para-hydroxylation sites is 1. The van der Waals surface area contributed by atoms with Crippen molar-refractivity contribution in [1.82, 2.24) is 0 Å². The van der Waals surface area contributed by atoms with Crippen molar-refractivity contribution >= 4 is 27.8 Å². The lowest BCUT2D eigenvalue weighted by atomic mass is 9.70. The van der Waals surface area contributed by atoms with Crippen molar-refractivity contribution in [1.29, 1.82) is 0 Å². The first kappa shape index (κ1) is 34.7. The van der Waals surface area contributed by atoms with E-state index in [0.717, 1.165) is 56.4 Å². The van der Waals surface area contributed by atoms with Crippen molar-refractivity contribution in [3.63, 3.8) is 0 Å². The van der Waals surface area contributed by atoms with Gasteiger partial charge in [-0.25, -0.2) is 0 Å². The molecule has 0 aromatic heterocycles. The molecule has 290 valence electrons. The van der Waals surface area contributed by atoms with Gasteiger partial charge in [-0.15, -0.1) is 0 Å².